The van der Waals surface area contributed by atoms with Gasteiger partial charge in [-0.15, -0.1) is 11.3 Å². The zero-order valence-electron chi connectivity index (χ0n) is 14.1. The molecule has 1 N–H and O–H groups in total. The second-order valence-corrected chi connectivity index (χ2v) is 7.20. The molecule has 0 unspecified atom stereocenters. The summed E-state index contributed by atoms with van der Waals surface area (Å²) in [6, 6.07) is 14.3. The highest BCUT2D eigenvalue weighted by molar-refractivity contribution is 7.80. The molecule has 0 aliphatic carbocycles. The van der Waals surface area contributed by atoms with Crippen LogP contribution in [0.25, 0.3) is 31.5 Å². The molecule has 0 bridgehead atoms. The Labute approximate surface area is 155 Å². The first kappa shape index (κ1) is 16.2. The highest BCUT2D eigenvalue weighted by Gasteiger charge is 2.11. The Hall–Kier alpha value is -2.31. The van der Waals surface area contributed by atoms with Crippen LogP contribution in [0.4, 0.5) is 5.69 Å². The molecular formula is C19H18N4S2. The minimum absolute atomic E-state index is 0.750. The summed E-state index contributed by atoms with van der Waals surface area (Å²) in [4.78, 5) is 12.7. The molecule has 6 heteroatoms. The summed E-state index contributed by atoms with van der Waals surface area (Å²) >= 11 is 7.18. The first-order valence-corrected chi connectivity index (χ1v) is 9.57. The highest BCUT2D eigenvalue weighted by atomic mass is 32.1. The fraction of sp³-hybridized carbons (Fsp3) is 0.211. The predicted molar refractivity (Wildman–Crippen MR) is 112 cm³/mol. The Morgan fingerprint density at radius 3 is 2.52 bits per heavy atom. The smallest absolute Gasteiger partial charge is 0.173 e. The molecule has 4 nitrogen and oxygen atoms in total. The minimum atomic E-state index is 0.750. The number of para-hydroxylation sites is 2. The third-order valence-corrected chi connectivity index (χ3v) is 5.70. The molecule has 2 heterocycles. The topological polar surface area (TPSA) is 41.0 Å². The van der Waals surface area contributed by atoms with Gasteiger partial charge < -0.3 is 10.2 Å². The summed E-state index contributed by atoms with van der Waals surface area (Å²) in [6.45, 7) is 5.99. The van der Waals surface area contributed by atoms with Gasteiger partial charge in [-0.2, -0.15) is 0 Å². The Balaban J connectivity index is 1.80. The van der Waals surface area contributed by atoms with Gasteiger partial charge in [0.15, 0.2) is 5.11 Å². The quantitative estimate of drug-likeness (QED) is 0.515. The van der Waals surface area contributed by atoms with E-state index >= 15 is 0 Å². The van der Waals surface area contributed by atoms with Crippen LogP contribution >= 0.6 is 23.6 Å². The molecule has 4 rings (SSSR count). The molecular weight excluding hydrogens is 348 g/mol. The number of rotatable bonds is 3. The number of benzene rings is 2. The molecule has 0 aliphatic heterocycles. The van der Waals surface area contributed by atoms with Gasteiger partial charge >= 0.3 is 0 Å². The zero-order chi connectivity index (χ0) is 17.4. The van der Waals surface area contributed by atoms with Crippen LogP contribution in [0.15, 0.2) is 42.5 Å². The maximum Gasteiger partial charge on any atom is 0.173 e. The second-order valence-electron chi connectivity index (χ2n) is 5.78. The Bertz CT molecular complexity index is 1080. The van der Waals surface area contributed by atoms with Crippen molar-refractivity contribution in [3.8, 4) is 0 Å². The molecule has 0 spiro atoms. The van der Waals surface area contributed by atoms with E-state index in [2.05, 4.69) is 42.3 Å². The van der Waals surface area contributed by atoms with Crippen LogP contribution in [0.2, 0.25) is 0 Å². The van der Waals surface area contributed by atoms with Crippen LogP contribution in [-0.4, -0.2) is 33.1 Å². The zero-order valence-corrected chi connectivity index (χ0v) is 15.7. The molecule has 0 saturated heterocycles. The lowest BCUT2D eigenvalue weighted by molar-refractivity contribution is 0.473. The number of anilines is 1. The summed E-state index contributed by atoms with van der Waals surface area (Å²) in [7, 11) is 0. The van der Waals surface area contributed by atoms with Gasteiger partial charge in [-0.05, 0) is 56.4 Å². The van der Waals surface area contributed by atoms with Crippen molar-refractivity contribution in [2.75, 3.05) is 18.4 Å². The Morgan fingerprint density at radius 1 is 1.08 bits per heavy atom. The van der Waals surface area contributed by atoms with Gasteiger partial charge in [0.25, 0.3) is 0 Å². The van der Waals surface area contributed by atoms with Gasteiger partial charge in [0.1, 0.15) is 10.3 Å². The number of nitrogens with zero attached hydrogens (tertiary/aromatic N) is 3. The summed E-state index contributed by atoms with van der Waals surface area (Å²) in [5.74, 6) is 0. The number of nitrogens with one attached hydrogen (secondary N) is 1. The van der Waals surface area contributed by atoms with Crippen molar-refractivity contribution in [3.63, 3.8) is 0 Å². The number of hydrogen-bond donors (Lipinski definition) is 1. The van der Waals surface area contributed by atoms with Crippen molar-refractivity contribution in [1.82, 2.24) is 14.9 Å². The van der Waals surface area contributed by atoms with Gasteiger partial charge in [0, 0.05) is 28.9 Å². The number of aromatic nitrogens is 2. The van der Waals surface area contributed by atoms with E-state index in [1.807, 2.05) is 24.3 Å². The number of hydrogen-bond acceptors (Lipinski definition) is 4. The normalized spacial score (nSPS) is 11.3. The van der Waals surface area contributed by atoms with Gasteiger partial charge in [0.2, 0.25) is 0 Å². The minimum Gasteiger partial charge on any atom is -0.350 e. The van der Waals surface area contributed by atoms with Crippen LogP contribution in [0.5, 0.6) is 0 Å². The lowest BCUT2D eigenvalue weighted by atomic mass is 10.2. The fourth-order valence-electron chi connectivity index (χ4n) is 2.93. The molecule has 2 aromatic heterocycles. The summed E-state index contributed by atoms with van der Waals surface area (Å²) < 4.78 is 1.18. The molecule has 0 atom stereocenters. The molecule has 0 fully saturated rings. The van der Waals surface area contributed by atoms with E-state index in [0.29, 0.717) is 0 Å². The van der Waals surface area contributed by atoms with E-state index < -0.39 is 0 Å². The van der Waals surface area contributed by atoms with Crippen molar-refractivity contribution in [3.05, 3.63) is 42.5 Å². The number of fused-ring (bicyclic) bond motifs is 4. The molecule has 25 heavy (non-hydrogen) atoms. The van der Waals surface area contributed by atoms with E-state index in [1.165, 1.54) is 4.70 Å². The van der Waals surface area contributed by atoms with Crippen LogP contribution < -0.4 is 5.32 Å². The molecule has 0 amide bonds. The maximum absolute atomic E-state index is 5.51. The Morgan fingerprint density at radius 2 is 1.80 bits per heavy atom. The average molecular weight is 367 g/mol. The van der Waals surface area contributed by atoms with Gasteiger partial charge in [0.05, 0.1) is 11.0 Å². The molecule has 0 aliphatic rings. The molecule has 2 aromatic carbocycles. The van der Waals surface area contributed by atoms with E-state index in [1.54, 1.807) is 11.3 Å². The fourth-order valence-corrected chi connectivity index (χ4v) is 4.31. The van der Waals surface area contributed by atoms with Gasteiger partial charge in [-0.3, -0.25) is 0 Å². The monoisotopic (exact) mass is 366 g/mol. The van der Waals surface area contributed by atoms with Crippen LogP contribution in [0.3, 0.4) is 0 Å². The lowest BCUT2D eigenvalue weighted by Crippen LogP contribution is -2.34. The third kappa shape index (κ3) is 2.92. The van der Waals surface area contributed by atoms with Crippen molar-refractivity contribution >= 4 is 65.8 Å². The highest BCUT2D eigenvalue weighted by Crippen LogP contribution is 2.34. The van der Waals surface area contributed by atoms with E-state index in [-0.39, 0.29) is 0 Å². The molecule has 126 valence electrons. The second kappa shape index (κ2) is 6.54. The molecule has 0 saturated carbocycles. The number of thiophene rings is 1. The lowest BCUT2D eigenvalue weighted by Gasteiger charge is -2.22. The van der Waals surface area contributed by atoms with Crippen molar-refractivity contribution in [1.29, 1.82) is 0 Å². The largest absolute Gasteiger partial charge is 0.350 e. The third-order valence-electron chi connectivity index (χ3n) is 4.28. The van der Waals surface area contributed by atoms with Gasteiger partial charge in [-0.1, -0.05) is 12.1 Å². The summed E-state index contributed by atoms with van der Waals surface area (Å²) in [6.07, 6.45) is 0. The number of thiocarbonyl (C=S) groups is 1. The van der Waals surface area contributed by atoms with Gasteiger partial charge in [-0.25, -0.2) is 9.97 Å². The summed E-state index contributed by atoms with van der Waals surface area (Å²) in [5.41, 5.74) is 3.80. The van der Waals surface area contributed by atoms with Crippen molar-refractivity contribution < 1.29 is 0 Å². The predicted octanol–water partition coefficient (Wildman–Crippen LogP) is 5.04. The maximum atomic E-state index is 5.51. The van der Waals surface area contributed by atoms with Crippen molar-refractivity contribution in [2.24, 2.45) is 0 Å². The van der Waals surface area contributed by atoms with E-state index in [0.717, 1.165) is 50.7 Å². The van der Waals surface area contributed by atoms with E-state index in [9.17, 15) is 0 Å². The Kier molecular flexibility index (Phi) is 4.23. The SMILES string of the molecule is CCN(CC)C(=S)Nc1ccc2sc3nc4ccccc4nc3c2c1. The summed E-state index contributed by atoms with van der Waals surface area (Å²) in [5, 5.41) is 5.21. The van der Waals surface area contributed by atoms with Crippen LogP contribution in [0, 0.1) is 0 Å². The van der Waals surface area contributed by atoms with Crippen molar-refractivity contribution in [2.45, 2.75) is 13.8 Å². The average Bonchev–Trinajstić information content (AvgIpc) is 2.97. The van der Waals surface area contributed by atoms with E-state index in [4.69, 9.17) is 22.2 Å². The van der Waals surface area contributed by atoms with Crippen LogP contribution in [0.1, 0.15) is 13.8 Å². The van der Waals surface area contributed by atoms with Crippen LogP contribution in [-0.2, 0) is 0 Å². The first-order valence-electron chi connectivity index (χ1n) is 8.34. The first-order chi connectivity index (χ1) is 12.2. The molecule has 4 aromatic rings. The molecule has 0 radical (unpaired) electrons. The standard InChI is InChI=1S/C19H18N4S2/c1-3-23(4-2)19(24)20-12-9-10-16-13(11-12)17-18(25-16)22-15-8-6-5-7-14(15)21-17/h5-11H,3-4H2,1-2H3,(H,20,24).